The van der Waals surface area contributed by atoms with Crippen LogP contribution in [0.25, 0.3) is 11.0 Å². The van der Waals surface area contributed by atoms with Gasteiger partial charge in [0, 0.05) is 13.2 Å². The number of hydrazine groups is 1. The molecule has 0 aliphatic heterocycles. The van der Waals surface area contributed by atoms with Gasteiger partial charge in [0.15, 0.2) is 11.5 Å². The van der Waals surface area contributed by atoms with Gasteiger partial charge in [0.05, 0.1) is 36.4 Å². The lowest BCUT2D eigenvalue weighted by Crippen LogP contribution is -2.47. The van der Waals surface area contributed by atoms with Crippen molar-refractivity contribution in [3.63, 3.8) is 0 Å². The van der Waals surface area contributed by atoms with E-state index >= 15 is 0 Å². The third-order valence-electron chi connectivity index (χ3n) is 4.93. The number of aliphatic hydroxyl groups is 4. The SMILES string of the molecule is CC.Cc1cc2nc(/C(=N/N)N(N)CC(O)CO)c(=O)n(CCC(O)CCO)c2cc1C. The fraction of sp³-hybridized carbons (Fsp3) is 0.571. The molecule has 0 fully saturated rings. The molecular weight excluding hydrogens is 416 g/mol. The van der Waals surface area contributed by atoms with Crippen molar-refractivity contribution in [2.45, 2.75) is 59.3 Å². The summed E-state index contributed by atoms with van der Waals surface area (Å²) in [7, 11) is 0. The number of aromatic nitrogens is 2. The lowest BCUT2D eigenvalue weighted by molar-refractivity contribution is 0.0763. The number of amidine groups is 1. The second-order valence-corrected chi connectivity index (χ2v) is 7.24. The standard InChI is InChI=1S/C19H30N6O5.C2H6/c1-11-7-15-16(8-12(11)2)24(5-3-13(28)4-6-26)19(30)17(22-15)18(23-20)25(21)9-14(29)10-27;1-2/h7-8,13-14,26-29H,3-6,9-10,20-21H2,1-2H3;1-2H3/b23-18-;. The average molecular weight is 453 g/mol. The number of aryl methyl sites for hydroxylation is 3. The van der Waals surface area contributed by atoms with Crippen molar-refractivity contribution in [2.75, 3.05) is 19.8 Å². The molecule has 0 radical (unpaired) electrons. The van der Waals surface area contributed by atoms with Crippen LogP contribution in [-0.4, -0.2) is 72.8 Å². The second-order valence-electron chi connectivity index (χ2n) is 7.24. The Balaban J connectivity index is 0.00000249. The molecule has 2 rings (SSSR count). The Hall–Kier alpha value is -2.57. The topological polar surface area (TPSA) is 183 Å². The summed E-state index contributed by atoms with van der Waals surface area (Å²) >= 11 is 0. The summed E-state index contributed by atoms with van der Waals surface area (Å²) in [6.07, 6.45) is -1.48. The Bertz CT molecular complexity index is 962. The number of hydrogen-bond acceptors (Lipinski definition) is 9. The average Bonchev–Trinajstić information content (AvgIpc) is 2.77. The van der Waals surface area contributed by atoms with Gasteiger partial charge in [0.1, 0.15) is 0 Å². The molecular formula is C21H36N6O5. The van der Waals surface area contributed by atoms with E-state index in [4.69, 9.17) is 21.9 Å². The molecule has 180 valence electrons. The molecule has 8 N–H and O–H groups in total. The molecule has 11 nitrogen and oxygen atoms in total. The van der Waals surface area contributed by atoms with Gasteiger partial charge in [-0.3, -0.25) is 9.80 Å². The Kier molecular flexibility index (Phi) is 11.2. The third-order valence-corrected chi connectivity index (χ3v) is 4.93. The first-order valence-corrected chi connectivity index (χ1v) is 10.6. The molecule has 2 atom stereocenters. The fourth-order valence-electron chi connectivity index (χ4n) is 3.08. The quantitative estimate of drug-likeness (QED) is 0.124. The van der Waals surface area contributed by atoms with E-state index in [0.717, 1.165) is 16.1 Å². The molecule has 0 bridgehead atoms. The molecule has 1 aromatic carbocycles. The van der Waals surface area contributed by atoms with E-state index in [1.54, 1.807) is 0 Å². The molecule has 0 aliphatic rings. The minimum Gasteiger partial charge on any atom is -0.396 e. The van der Waals surface area contributed by atoms with Gasteiger partial charge in [-0.25, -0.2) is 10.8 Å². The summed E-state index contributed by atoms with van der Waals surface area (Å²) < 4.78 is 1.46. The van der Waals surface area contributed by atoms with Gasteiger partial charge < -0.3 is 30.8 Å². The minimum atomic E-state index is -1.16. The number of benzene rings is 1. The number of nitrogens with zero attached hydrogens (tertiary/aromatic N) is 4. The number of rotatable bonds is 9. The summed E-state index contributed by atoms with van der Waals surface area (Å²) in [4.78, 5) is 17.7. The zero-order valence-electron chi connectivity index (χ0n) is 19.2. The molecule has 0 aliphatic carbocycles. The largest absolute Gasteiger partial charge is 0.396 e. The summed E-state index contributed by atoms with van der Waals surface area (Å²) in [5.41, 5.74) is 2.41. The maximum atomic E-state index is 13.2. The van der Waals surface area contributed by atoms with Gasteiger partial charge in [-0.15, -0.1) is 0 Å². The Labute approximate surface area is 187 Å². The van der Waals surface area contributed by atoms with E-state index < -0.39 is 24.4 Å². The third kappa shape index (κ3) is 6.71. The smallest absolute Gasteiger partial charge is 0.280 e. The zero-order chi connectivity index (χ0) is 24.4. The lowest BCUT2D eigenvalue weighted by atomic mass is 10.1. The first-order chi connectivity index (χ1) is 15.2. The van der Waals surface area contributed by atoms with Crippen LogP contribution in [0.5, 0.6) is 0 Å². The number of hydrazone groups is 1. The number of fused-ring (bicyclic) bond motifs is 1. The normalized spacial score (nSPS) is 13.5. The number of nitrogens with two attached hydrogens (primary N) is 2. The molecule has 2 unspecified atom stereocenters. The predicted molar refractivity (Wildman–Crippen MR) is 124 cm³/mol. The molecule has 32 heavy (non-hydrogen) atoms. The Morgan fingerprint density at radius 2 is 1.78 bits per heavy atom. The molecule has 1 aromatic heterocycles. The first kappa shape index (κ1) is 27.5. The van der Waals surface area contributed by atoms with Crippen LogP contribution in [0.2, 0.25) is 0 Å². The van der Waals surface area contributed by atoms with E-state index in [0.29, 0.717) is 11.0 Å². The fourth-order valence-corrected chi connectivity index (χ4v) is 3.08. The van der Waals surface area contributed by atoms with Gasteiger partial charge >= 0.3 is 0 Å². The molecule has 2 aromatic rings. The lowest BCUT2D eigenvalue weighted by Gasteiger charge is -2.22. The van der Waals surface area contributed by atoms with Gasteiger partial charge in [-0.05, 0) is 49.9 Å². The highest BCUT2D eigenvalue weighted by Gasteiger charge is 2.22. The van der Waals surface area contributed by atoms with Gasteiger partial charge in [-0.2, -0.15) is 5.10 Å². The van der Waals surface area contributed by atoms with E-state index in [9.17, 15) is 15.0 Å². The van der Waals surface area contributed by atoms with Crippen LogP contribution in [0.3, 0.4) is 0 Å². The summed E-state index contributed by atoms with van der Waals surface area (Å²) in [5.74, 6) is 11.2. The van der Waals surface area contributed by atoms with Crippen LogP contribution in [0.15, 0.2) is 22.0 Å². The highest BCUT2D eigenvalue weighted by molar-refractivity contribution is 5.97. The van der Waals surface area contributed by atoms with Crippen LogP contribution in [0.1, 0.15) is 43.5 Å². The summed E-state index contributed by atoms with van der Waals surface area (Å²) in [5, 5.41) is 42.2. The van der Waals surface area contributed by atoms with Crippen LogP contribution >= 0.6 is 0 Å². The zero-order valence-corrected chi connectivity index (χ0v) is 19.2. The summed E-state index contributed by atoms with van der Waals surface area (Å²) in [6.45, 7) is 7.12. The molecule has 0 spiro atoms. The van der Waals surface area contributed by atoms with Crippen LogP contribution < -0.4 is 17.2 Å². The van der Waals surface area contributed by atoms with Crippen molar-refractivity contribution in [2.24, 2.45) is 16.8 Å². The van der Waals surface area contributed by atoms with Crippen molar-refractivity contribution in [1.29, 1.82) is 0 Å². The predicted octanol–water partition coefficient (Wildman–Crippen LogP) is -0.678. The van der Waals surface area contributed by atoms with Crippen molar-refractivity contribution >= 4 is 16.9 Å². The highest BCUT2D eigenvalue weighted by atomic mass is 16.3. The molecule has 1 heterocycles. The molecule has 11 heteroatoms. The highest BCUT2D eigenvalue weighted by Crippen LogP contribution is 2.18. The van der Waals surface area contributed by atoms with E-state index in [1.165, 1.54) is 4.57 Å². The van der Waals surface area contributed by atoms with Crippen molar-refractivity contribution in [3.05, 3.63) is 39.3 Å². The van der Waals surface area contributed by atoms with E-state index in [1.807, 2.05) is 39.8 Å². The minimum absolute atomic E-state index is 0.113. The molecule has 0 saturated heterocycles. The van der Waals surface area contributed by atoms with Gasteiger partial charge in [-0.1, -0.05) is 13.8 Å². The van der Waals surface area contributed by atoms with Gasteiger partial charge in [0.25, 0.3) is 5.56 Å². The van der Waals surface area contributed by atoms with Crippen molar-refractivity contribution in [3.8, 4) is 0 Å². The molecule has 0 amide bonds. The van der Waals surface area contributed by atoms with Crippen molar-refractivity contribution < 1.29 is 20.4 Å². The van der Waals surface area contributed by atoms with E-state index in [-0.39, 0.29) is 44.1 Å². The van der Waals surface area contributed by atoms with E-state index in [2.05, 4.69) is 10.1 Å². The monoisotopic (exact) mass is 452 g/mol. The number of hydrogen-bond donors (Lipinski definition) is 6. The van der Waals surface area contributed by atoms with Crippen LogP contribution in [0, 0.1) is 13.8 Å². The molecule has 0 saturated carbocycles. The van der Waals surface area contributed by atoms with Crippen LogP contribution in [0.4, 0.5) is 0 Å². The van der Waals surface area contributed by atoms with Crippen molar-refractivity contribution in [1.82, 2.24) is 14.6 Å². The maximum absolute atomic E-state index is 13.2. The maximum Gasteiger partial charge on any atom is 0.280 e. The Morgan fingerprint density at radius 1 is 1.16 bits per heavy atom. The summed E-state index contributed by atoms with van der Waals surface area (Å²) in [6, 6.07) is 3.67. The van der Waals surface area contributed by atoms with Crippen LogP contribution in [-0.2, 0) is 6.54 Å². The Morgan fingerprint density at radius 3 is 2.34 bits per heavy atom. The second kappa shape index (κ2) is 13.1. The first-order valence-electron chi connectivity index (χ1n) is 10.6. The number of aliphatic hydroxyl groups excluding tert-OH is 4. The van der Waals surface area contributed by atoms with Gasteiger partial charge in [0.2, 0.25) is 0 Å².